The Morgan fingerprint density at radius 3 is 2.36 bits per heavy atom. The molecule has 7 heteroatoms. The van der Waals surface area contributed by atoms with Crippen LogP contribution in [0.3, 0.4) is 0 Å². The van der Waals surface area contributed by atoms with Crippen molar-refractivity contribution < 1.29 is 19.4 Å². The minimum Gasteiger partial charge on any atom is -0.493 e. The van der Waals surface area contributed by atoms with Gasteiger partial charge in [0.2, 0.25) is 0 Å². The van der Waals surface area contributed by atoms with Crippen LogP contribution in [0.25, 0.3) is 22.2 Å². The van der Waals surface area contributed by atoms with E-state index in [0.717, 1.165) is 53.1 Å². The molecule has 1 aliphatic heterocycles. The number of hydrogen-bond acceptors (Lipinski definition) is 6. The number of carboxylic acid groups (broad SMARTS) is 1. The lowest BCUT2D eigenvalue weighted by molar-refractivity contribution is -0.122. The highest BCUT2D eigenvalue weighted by Gasteiger charge is 2.13. The number of hydrogen-bond donors (Lipinski definition) is 2. The molecule has 1 saturated heterocycles. The number of aromatic nitrogens is 1. The molecule has 0 radical (unpaired) electrons. The molecule has 1 aliphatic rings. The van der Waals surface area contributed by atoms with Gasteiger partial charge < -0.3 is 24.8 Å². The van der Waals surface area contributed by atoms with Crippen molar-refractivity contribution in [2.75, 3.05) is 45.7 Å². The molecule has 0 bridgehead atoms. The average molecular weight is 452 g/mol. The molecule has 0 aliphatic carbocycles. The Hall–Kier alpha value is -3.32. The number of benzene rings is 2. The summed E-state index contributed by atoms with van der Waals surface area (Å²) in [6, 6.07) is 16.4. The zero-order valence-corrected chi connectivity index (χ0v) is 19.4. The van der Waals surface area contributed by atoms with Gasteiger partial charge in [0.1, 0.15) is 0 Å². The first kappa shape index (κ1) is 24.3. The number of likely N-dealkylation sites (tertiary alicyclic amines) is 1. The van der Waals surface area contributed by atoms with Crippen LogP contribution >= 0.6 is 0 Å². The normalized spacial score (nSPS) is 13.6. The first-order valence-corrected chi connectivity index (χ1v) is 11.4. The molecule has 0 unspecified atom stereocenters. The van der Waals surface area contributed by atoms with Crippen molar-refractivity contribution in [2.45, 2.75) is 25.7 Å². The van der Waals surface area contributed by atoms with E-state index < -0.39 is 0 Å². The van der Waals surface area contributed by atoms with Gasteiger partial charge >= 0.3 is 0 Å². The number of nitrogens with zero attached hydrogens (tertiary/aromatic N) is 2. The van der Waals surface area contributed by atoms with Crippen LogP contribution in [0.15, 0.2) is 48.5 Å². The van der Waals surface area contributed by atoms with E-state index in [9.17, 15) is 0 Å². The smallest absolute Gasteiger partial charge is 0.290 e. The number of pyridine rings is 1. The second-order valence-electron chi connectivity index (χ2n) is 7.93. The molecule has 0 saturated carbocycles. The minimum absolute atomic E-state index is 0.250. The topological polar surface area (TPSA) is 83.9 Å². The Kier molecular flexibility index (Phi) is 9.32. The van der Waals surface area contributed by atoms with Gasteiger partial charge in [0.15, 0.2) is 11.5 Å². The van der Waals surface area contributed by atoms with Crippen LogP contribution < -0.4 is 14.8 Å². The lowest BCUT2D eigenvalue weighted by Gasteiger charge is -2.26. The third-order valence-corrected chi connectivity index (χ3v) is 5.80. The van der Waals surface area contributed by atoms with Gasteiger partial charge in [-0.15, -0.1) is 0 Å². The third kappa shape index (κ3) is 6.58. The largest absolute Gasteiger partial charge is 0.493 e. The number of piperidine rings is 1. The Labute approximate surface area is 195 Å². The van der Waals surface area contributed by atoms with E-state index in [1.165, 1.54) is 32.4 Å². The third-order valence-electron chi connectivity index (χ3n) is 5.80. The molecule has 4 rings (SSSR count). The fraction of sp³-hybridized carbons (Fsp3) is 0.385. The summed E-state index contributed by atoms with van der Waals surface area (Å²) >= 11 is 0. The zero-order valence-electron chi connectivity index (χ0n) is 19.4. The van der Waals surface area contributed by atoms with Crippen molar-refractivity contribution in [2.24, 2.45) is 0 Å². The molecule has 1 fully saturated rings. The van der Waals surface area contributed by atoms with Crippen molar-refractivity contribution in [3.05, 3.63) is 48.5 Å². The summed E-state index contributed by atoms with van der Waals surface area (Å²) < 4.78 is 11.0. The SMILES string of the molecule is COc1cc2nc(-c3ccccc3)cc(NCCCN3CCCCC3)c2cc1OC.O=CO. The van der Waals surface area contributed by atoms with Crippen molar-refractivity contribution in [3.63, 3.8) is 0 Å². The molecule has 0 amide bonds. The summed E-state index contributed by atoms with van der Waals surface area (Å²) in [6.07, 6.45) is 5.18. The van der Waals surface area contributed by atoms with Crippen LogP contribution in [-0.4, -0.2) is 61.9 Å². The monoisotopic (exact) mass is 451 g/mol. The molecular weight excluding hydrogens is 418 g/mol. The number of methoxy groups -OCH3 is 2. The van der Waals surface area contributed by atoms with Gasteiger partial charge in [-0.3, -0.25) is 4.79 Å². The highest BCUT2D eigenvalue weighted by atomic mass is 16.5. The van der Waals surface area contributed by atoms with Gasteiger partial charge in [0.25, 0.3) is 6.47 Å². The summed E-state index contributed by atoms with van der Waals surface area (Å²) in [5.41, 5.74) is 4.03. The van der Waals surface area contributed by atoms with Crippen molar-refractivity contribution in [1.29, 1.82) is 0 Å². The van der Waals surface area contributed by atoms with Crippen LogP contribution in [0, 0.1) is 0 Å². The standard InChI is InChI=1S/C25H31N3O2.CH2O2/c1-29-24-16-20-22(26-12-9-15-28-13-7-4-8-14-28)17-21(19-10-5-3-6-11-19)27-23(20)18-25(24)30-2;2-1-3/h3,5-6,10-11,16-18H,4,7-9,12-15H2,1-2H3,(H,26,27);1H,(H,2,3). The number of nitrogens with one attached hydrogen (secondary N) is 1. The predicted octanol–water partition coefficient (Wildman–Crippen LogP) is 4.91. The zero-order chi connectivity index (χ0) is 23.5. The maximum Gasteiger partial charge on any atom is 0.290 e. The maximum atomic E-state index is 8.36. The maximum absolute atomic E-state index is 8.36. The highest BCUT2D eigenvalue weighted by molar-refractivity contribution is 5.96. The summed E-state index contributed by atoms with van der Waals surface area (Å²) in [4.78, 5) is 15.9. The molecule has 2 heterocycles. The fourth-order valence-corrected chi connectivity index (χ4v) is 4.16. The molecule has 0 spiro atoms. The van der Waals surface area contributed by atoms with Crippen LogP contribution in [0.5, 0.6) is 11.5 Å². The van der Waals surface area contributed by atoms with E-state index in [-0.39, 0.29) is 6.47 Å². The molecule has 2 aromatic carbocycles. The first-order chi connectivity index (χ1) is 16.2. The van der Waals surface area contributed by atoms with Crippen LogP contribution in [-0.2, 0) is 4.79 Å². The molecule has 3 aromatic rings. The summed E-state index contributed by atoms with van der Waals surface area (Å²) in [7, 11) is 3.33. The number of carbonyl (C=O) groups is 1. The minimum atomic E-state index is -0.250. The van der Waals surface area contributed by atoms with E-state index in [0.29, 0.717) is 5.75 Å². The average Bonchev–Trinajstić information content (AvgIpc) is 2.87. The van der Waals surface area contributed by atoms with E-state index in [2.05, 4.69) is 28.4 Å². The van der Waals surface area contributed by atoms with E-state index in [1.54, 1.807) is 14.2 Å². The van der Waals surface area contributed by atoms with Gasteiger partial charge in [0.05, 0.1) is 25.4 Å². The number of anilines is 1. The molecule has 7 nitrogen and oxygen atoms in total. The summed E-state index contributed by atoms with van der Waals surface area (Å²) in [5.74, 6) is 1.41. The number of fused-ring (bicyclic) bond motifs is 1. The quantitative estimate of drug-likeness (QED) is 0.372. The van der Waals surface area contributed by atoms with E-state index in [4.69, 9.17) is 24.4 Å². The molecule has 0 atom stereocenters. The Morgan fingerprint density at radius 2 is 1.70 bits per heavy atom. The first-order valence-electron chi connectivity index (χ1n) is 11.4. The highest BCUT2D eigenvalue weighted by Crippen LogP contribution is 2.36. The predicted molar refractivity (Wildman–Crippen MR) is 132 cm³/mol. The van der Waals surface area contributed by atoms with Gasteiger partial charge in [-0.1, -0.05) is 36.8 Å². The van der Waals surface area contributed by atoms with Crippen LogP contribution in [0.4, 0.5) is 5.69 Å². The van der Waals surface area contributed by atoms with Crippen molar-refractivity contribution in [3.8, 4) is 22.8 Å². The Balaban J connectivity index is 0.000000968. The van der Waals surface area contributed by atoms with Gasteiger partial charge in [-0.05, 0) is 51.0 Å². The number of ether oxygens (including phenoxy) is 2. The van der Waals surface area contributed by atoms with Gasteiger partial charge in [-0.25, -0.2) is 4.98 Å². The van der Waals surface area contributed by atoms with Crippen LogP contribution in [0.1, 0.15) is 25.7 Å². The molecule has 33 heavy (non-hydrogen) atoms. The summed E-state index contributed by atoms with van der Waals surface area (Å²) in [6.45, 7) is 4.32. The Bertz CT molecular complexity index is 1020. The van der Waals surface area contributed by atoms with Crippen LogP contribution in [0.2, 0.25) is 0 Å². The van der Waals surface area contributed by atoms with E-state index in [1.807, 2.05) is 30.3 Å². The number of rotatable bonds is 8. The second kappa shape index (κ2) is 12.6. The van der Waals surface area contributed by atoms with Gasteiger partial charge in [0, 0.05) is 29.2 Å². The lowest BCUT2D eigenvalue weighted by Crippen LogP contribution is -2.31. The lowest BCUT2D eigenvalue weighted by atomic mass is 10.1. The van der Waals surface area contributed by atoms with Gasteiger partial charge in [-0.2, -0.15) is 0 Å². The van der Waals surface area contributed by atoms with E-state index >= 15 is 0 Å². The molecule has 1 aromatic heterocycles. The Morgan fingerprint density at radius 1 is 1.03 bits per heavy atom. The molecular formula is C26H33N3O4. The van der Waals surface area contributed by atoms with Crippen molar-refractivity contribution >= 4 is 23.1 Å². The molecule has 176 valence electrons. The van der Waals surface area contributed by atoms with Crippen molar-refractivity contribution in [1.82, 2.24) is 9.88 Å². The summed E-state index contributed by atoms with van der Waals surface area (Å²) in [5, 5.41) is 11.6. The second-order valence-corrected chi connectivity index (χ2v) is 7.93. The fourth-order valence-electron chi connectivity index (χ4n) is 4.16. The molecule has 2 N–H and O–H groups in total.